The number of hydrogen-bond acceptors (Lipinski definition) is 2. The van der Waals surface area contributed by atoms with Gasteiger partial charge < -0.3 is 10.2 Å². The van der Waals surface area contributed by atoms with Gasteiger partial charge >= 0.3 is 0 Å². The third kappa shape index (κ3) is 6.42. The maximum atomic E-state index is 10.1. The zero-order chi connectivity index (χ0) is 13.4. The van der Waals surface area contributed by atoms with Gasteiger partial charge in [0.05, 0.1) is 11.2 Å². The van der Waals surface area contributed by atoms with Gasteiger partial charge in [-0.05, 0) is 38.5 Å². The highest BCUT2D eigenvalue weighted by molar-refractivity contribution is 4.76. The van der Waals surface area contributed by atoms with Gasteiger partial charge in [-0.3, -0.25) is 0 Å². The largest absolute Gasteiger partial charge is 0.390 e. The van der Waals surface area contributed by atoms with E-state index in [1.54, 1.807) is 0 Å². The molecule has 0 heterocycles. The SMILES string of the molecule is CCC(O)(CC)CCCCCC(O)(CC)CC. The predicted octanol–water partition coefficient (Wildman–Crippen LogP) is 4.04. The van der Waals surface area contributed by atoms with Crippen LogP contribution in [0.1, 0.15) is 85.5 Å². The monoisotopic (exact) mass is 244 g/mol. The second kappa shape index (κ2) is 8.10. The molecule has 0 aromatic heterocycles. The lowest BCUT2D eigenvalue weighted by molar-refractivity contribution is 0.0145. The summed E-state index contributed by atoms with van der Waals surface area (Å²) >= 11 is 0. The van der Waals surface area contributed by atoms with Crippen LogP contribution >= 0.6 is 0 Å². The lowest BCUT2D eigenvalue weighted by atomic mass is 9.88. The van der Waals surface area contributed by atoms with Gasteiger partial charge in [0.2, 0.25) is 0 Å². The Morgan fingerprint density at radius 1 is 0.588 bits per heavy atom. The molecule has 2 N–H and O–H groups in total. The van der Waals surface area contributed by atoms with E-state index in [4.69, 9.17) is 0 Å². The third-order valence-corrected chi connectivity index (χ3v) is 4.42. The van der Waals surface area contributed by atoms with Crippen LogP contribution in [0.5, 0.6) is 0 Å². The van der Waals surface area contributed by atoms with E-state index in [2.05, 4.69) is 27.7 Å². The summed E-state index contributed by atoms with van der Waals surface area (Å²) in [5, 5.41) is 20.3. The standard InChI is InChI=1S/C15H32O2/c1-5-14(16,6-2)12-10-9-11-13-15(17,7-3)8-4/h16-17H,5-13H2,1-4H3. The number of aliphatic hydroxyl groups is 2. The van der Waals surface area contributed by atoms with E-state index in [0.717, 1.165) is 57.8 Å². The summed E-state index contributed by atoms with van der Waals surface area (Å²) in [5.41, 5.74) is -0.905. The summed E-state index contributed by atoms with van der Waals surface area (Å²) in [7, 11) is 0. The zero-order valence-corrected chi connectivity index (χ0v) is 12.3. The van der Waals surface area contributed by atoms with E-state index in [0.29, 0.717) is 0 Å². The first kappa shape index (κ1) is 16.9. The molecule has 0 spiro atoms. The first-order valence-electron chi connectivity index (χ1n) is 7.40. The van der Waals surface area contributed by atoms with Gasteiger partial charge in [-0.2, -0.15) is 0 Å². The second-order valence-electron chi connectivity index (χ2n) is 5.42. The highest BCUT2D eigenvalue weighted by atomic mass is 16.3. The zero-order valence-electron chi connectivity index (χ0n) is 12.3. The quantitative estimate of drug-likeness (QED) is 0.569. The van der Waals surface area contributed by atoms with Crippen molar-refractivity contribution in [1.82, 2.24) is 0 Å². The molecular weight excluding hydrogens is 212 g/mol. The van der Waals surface area contributed by atoms with E-state index < -0.39 is 11.2 Å². The first-order valence-corrected chi connectivity index (χ1v) is 7.40. The minimum absolute atomic E-state index is 0.453. The van der Waals surface area contributed by atoms with E-state index in [1.807, 2.05) is 0 Å². The van der Waals surface area contributed by atoms with Gasteiger partial charge in [-0.25, -0.2) is 0 Å². The highest BCUT2D eigenvalue weighted by Gasteiger charge is 2.23. The Morgan fingerprint density at radius 3 is 1.12 bits per heavy atom. The molecule has 0 atom stereocenters. The molecule has 0 amide bonds. The maximum Gasteiger partial charge on any atom is 0.0642 e. The van der Waals surface area contributed by atoms with Crippen molar-refractivity contribution < 1.29 is 10.2 Å². The normalized spacial score (nSPS) is 13.1. The van der Waals surface area contributed by atoms with E-state index in [1.165, 1.54) is 0 Å². The third-order valence-electron chi connectivity index (χ3n) is 4.42. The van der Waals surface area contributed by atoms with Crippen molar-refractivity contribution >= 4 is 0 Å². The van der Waals surface area contributed by atoms with Crippen molar-refractivity contribution in [3.05, 3.63) is 0 Å². The van der Waals surface area contributed by atoms with Crippen LogP contribution in [0.2, 0.25) is 0 Å². The van der Waals surface area contributed by atoms with E-state index in [-0.39, 0.29) is 0 Å². The van der Waals surface area contributed by atoms with Crippen LogP contribution in [0.3, 0.4) is 0 Å². The Labute approximate surface area is 107 Å². The van der Waals surface area contributed by atoms with Crippen molar-refractivity contribution in [2.24, 2.45) is 0 Å². The molecule has 0 saturated carbocycles. The molecule has 0 aromatic rings. The summed E-state index contributed by atoms with van der Waals surface area (Å²) in [6.45, 7) is 8.21. The van der Waals surface area contributed by atoms with Crippen molar-refractivity contribution in [3.8, 4) is 0 Å². The Kier molecular flexibility index (Phi) is 8.06. The topological polar surface area (TPSA) is 40.5 Å². The van der Waals surface area contributed by atoms with Gasteiger partial charge in [0.25, 0.3) is 0 Å². The van der Waals surface area contributed by atoms with Gasteiger partial charge in [-0.15, -0.1) is 0 Å². The highest BCUT2D eigenvalue weighted by Crippen LogP contribution is 2.25. The van der Waals surface area contributed by atoms with Crippen molar-refractivity contribution in [1.29, 1.82) is 0 Å². The summed E-state index contributed by atoms with van der Waals surface area (Å²) in [6, 6.07) is 0. The smallest absolute Gasteiger partial charge is 0.0642 e. The Morgan fingerprint density at radius 2 is 0.882 bits per heavy atom. The molecular formula is C15H32O2. The molecule has 0 bridgehead atoms. The molecule has 0 aliphatic heterocycles. The molecule has 104 valence electrons. The van der Waals surface area contributed by atoms with Crippen LogP contribution in [-0.2, 0) is 0 Å². The molecule has 0 aliphatic rings. The Bertz CT molecular complexity index is 161. The van der Waals surface area contributed by atoms with Gasteiger partial charge in [0, 0.05) is 0 Å². The fourth-order valence-electron chi connectivity index (χ4n) is 2.29. The van der Waals surface area contributed by atoms with Crippen LogP contribution in [0.15, 0.2) is 0 Å². The lowest BCUT2D eigenvalue weighted by Crippen LogP contribution is -2.27. The van der Waals surface area contributed by atoms with Gasteiger partial charge in [0.15, 0.2) is 0 Å². The molecule has 0 fully saturated rings. The Balaban J connectivity index is 3.72. The van der Waals surface area contributed by atoms with E-state index in [9.17, 15) is 10.2 Å². The molecule has 2 heteroatoms. The first-order chi connectivity index (χ1) is 7.95. The Hall–Kier alpha value is -0.0800. The van der Waals surface area contributed by atoms with Crippen molar-refractivity contribution in [2.45, 2.75) is 96.7 Å². The van der Waals surface area contributed by atoms with Gasteiger partial charge in [-0.1, -0.05) is 47.0 Å². The predicted molar refractivity (Wildman–Crippen MR) is 74.1 cm³/mol. The fraction of sp³-hybridized carbons (Fsp3) is 1.00. The molecule has 0 rings (SSSR count). The maximum absolute atomic E-state index is 10.1. The number of rotatable bonds is 10. The molecule has 0 aliphatic carbocycles. The molecule has 17 heavy (non-hydrogen) atoms. The summed E-state index contributed by atoms with van der Waals surface area (Å²) < 4.78 is 0. The summed E-state index contributed by atoms with van der Waals surface area (Å²) in [5.74, 6) is 0. The van der Waals surface area contributed by atoms with Crippen LogP contribution in [0, 0.1) is 0 Å². The second-order valence-corrected chi connectivity index (χ2v) is 5.42. The molecule has 0 saturated heterocycles. The number of hydrogen-bond donors (Lipinski definition) is 2. The molecule has 2 nitrogen and oxygen atoms in total. The number of unbranched alkanes of at least 4 members (excludes halogenated alkanes) is 2. The van der Waals surface area contributed by atoms with Crippen molar-refractivity contribution in [2.75, 3.05) is 0 Å². The van der Waals surface area contributed by atoms with E-state index >= 15 is 0 Å². The van der Waals surface area contributed by atoms with Crippen molar-refractivity contribution in [3.63, 3.8) is 0 Å². The average Bonchev–Trinajstić information content (AvgIpc) is 2.37. The average molecular weight is 244 g/mol. The molecule has 0 unspecified atom stereocenters. The summed E-state index contributed by atoms with van der Waals surface area (Å²) in [4.78, 5) is 0. The lowest BCUT2D eigenvalue weighted by Gasteiger charge is -2.26. The van der Waals surface area contributed by atoms with Crippen LogP contribution in [0.4, 0.5) is 0 Å². The summed E-state index contributed by atoms with van der Waals surface area (Å²) in [6.07, 6.45) is 8.44. The van der Waals surface area contributed by atoms with Crippen LogP contribution < -0.4 is 0 Å². The van der Waals surface area contributed by atoms with Crippen LogP contribution in [0.25, 0.3) is 0 Å². The molecule has 0 radical (unpaired) electrons. The van der Waals surface area contributed by atoms with Crippen LogP contribution in [-0.4, -0.2) is 21.4 Å². The fourth-order valence-corrected chi connectivity index (χ4v) is 2.29. The minimum Gasteiger partial charge on any atom is -0.390 e. The minimum atomic E-state index is -0.453. The van der Waals surface area contributed by atoms with Gasteiger partial charge in [0.1, 0.15) is 0 Å². The molecule has 0 aromatic carbocycles.